The van der Waals surface area contributed by atoms with Crippen LogP contribution >= 0.6 is 12.2 Å². The molecule has 0 bridgehead atoms. The first-order chi connectivity index (χ1) is 6.26. The lowest BCUT2D eigenvalue weighted by Gasteiger charge is -2.05. The van der Waals surface area contributed by atoms with Gasteiger partial charge in [-0.1, -0.05) is 0 Å². The van der Waals surface area contributed by atoms with Crippen LogP contribution in [0.2, 0.25) is 0 Å². The predicted molar refractivity (Wildman–Crippen MR) is 57.8 cm³/mol. The number of hydrogen-bond donors (Lipinski definition) is 2. The Morgan fingerprint density at radius 1 is 1.62 bits per heavy atom. The summed E-state index contributed by atoms with van der Waals surface area (Å²) in [5.74, 6) is 0. The van der Waals surface area contributed by atoms with Gasteiger partial charge in [0.15, 0.2) is 5.11 Å². The van der Waals surface area contributed by atoms with Gasteiger partial charge in [0, 0.05) is 19.3 Å². The van der Waals surface area contributed by atoms with E-state index in [0.29, 0.717) is 5.11 Å². The van der Waals surface area contributed by atoms with Crippen LogP contribution in [0.1, 0.15) is 13.8 Å². The Bertz CT molecular complexity index is 281. The zero-order chi connectivity index (χ0) is 9.68. The van der Waals surface area contributed by atoms with Gasteiger partial charge in [-0.15, -0.1) is 0 Å². The van der Waals surface area contributed by atoms with Crippen LogP contribution in [0.25, 0.3) is 0 Å². The first kappa shape index (κ1) is 9.98. The summed E-state index contributed by atoms with van der Waals surface area (Å²) >= 11 is 5.02. The molecule has 1 aromatic rings. The molecule has 0 fully saturated rings. The third kappa shape index (κ3) is 3.02. The van der Waals surface area contributed by atoms with Crippen LogP contribution in [0.5, 0.6) is 0 Å². The van der Waals surface area contributed by atoms with Crippen molar-refractivity contribution in [2.45, 2.75) is 20.4 Å². The molecule has 0 aliphatic carbocycles. The van der Waals surface area contributed by atoms with Crippen LogP contribution in [-0.4, -0.2) is 21.4 Å². The predicted octanol–water partition coefficient (Wildman–Crippen LogP) is 1.21. The van der Waals surface area contributed by atoms with E-state index in [-0.39, 0.29) is 0 Å². The molecule has 0 spiro atoms. The minimum absolute atomic E-state index is 0.637. The smallest absolute Gasteiger partial charge is 0.170 e. The highest BCUT2D eigenvalue weighted by Crippen LogP contribution is 2.03. The van der Waals surface area contributed by atoms with Crippen molar-refractivity contribution in [3.63, 3.8) is 0 Å². The van der Waals surface area contributed by atoms with Crippen molar-refractivity contribution >= 4 is 23.0 Å². The molecule has 0 aromatic carbocycles. The first-order valence-electron chi connectivity index (χ1n) is 4.33. The van der Waals surface area contributed by atoms with Crippen molar-refractivity contribution in [2.75, 3.05) is 11.9 Å². The van der Waals surface area contributed by atoms with Gasteiger partial charge in [0.05, 0.1) is 11.9 Å². The maximum atomic E-state index is 5.02. The molecular weight excluding hydrogens is 184 g/mol. The second-order valence-corrected chi connectivity index (χ2v) is 2.98. The number of nitrogens with zero attached hydrogens (tertiary/aromatic N) is 2. The van der Waals surface area contributed by atoms with Crippen LogP contribution in [0.15, 0.2) is 12.4 Å². The van der Waals surface area contributed by atoms with E-state index in [4.69, 9.17) is 12.2 Å². The van der Waals surface area contributed by atoms with Gasteiger partial charge in [0.25, 0.3) is 0 Å². The van der Waals surface area contributed by atoms with E-state index >= 15 is 0 Å². The fourth-order valence-electron chi connectivity index (χ4n) is 0.937. The van der Waals surface area contributed by atoms with E-state index in [1.54, 1.807) is 6.20 Å². The number of aromatic nitrogens is 2. The molecule has 0 saturated carbocycles. The third-order valence-corrected chi connectivity index (χ3v) is 1.80. The molecule has 0 atom stereocenters. The molecule has 13 heavy (non-hydrogen) atoms. The molecule has 0 radical (unpaired) electrons. The molecule has 1 rings (SSSR count). The lowest BCUT2D eigenvalue weighted by Crippen LogP contribution is -2.27. The fourth-order valence-corrected chi connectivity index (χ4v) is 1.20. The molecular formula is C8H14N4S. The van der Waals surface area contributed by atoms with Gasteiger partial charge in [0.2, 0.25) is 0 Å². The van der Waals surface area contributed by atoms with Gasteiger partial charge in [-0.25, -0.2) is 0 Å². The second kappa shape index (κ2) is 4.81. The Kier molecular flexibility index (Phi) is 3.70. The van der Waals surface area contributed by atoms with E-state index in [1.165, 1.54) is 0 Å². The van der Waals surface area contributed by atoms with Crippen LogP contribution in [0, 0.1) is 0 Å². The zero-order valence-electron chi connectivity index (χ0n) is 7.87. The Morgan fingerprint density at radius 2 is 2.38 bits per heavy atom. The molecule has 2 N–H and O–H groups in total. The van der Waals surface area contributed by atoms with Gasteiger partial charge >= 0.3 is 0 Å². The summed E-state index contributed by atoms with van der Waals surface area (Å²) in [5.41, 5.74) is 0.924. The lowest BCUT2D eigenvalue weighted by atomic mass is 10.5. The van der Waals surface area contributed by atoms with Crippen LogP contribution in [-0.2, 0) is 6.54 Å². The summed E-state index contributed by atoms with van der Waals surface area (Å²) < 4.78 is 1.84. The number of aryl methyl sites for hydroxylation is 1. The SMILES string of the molecule is CCNC(=S)Nc1cnn(CC)c1. The Morgan fingerprint density at radius 3 is 2.92 bits per heavy atom. The average molecular weight is 198 g/mol. The molecule has 0 saturated heterocycles. The molecule has 4 nitrogen and oxygen atoms in total. The van der Waals surface area contributed by atoms with E-state index < -0.39 is 0 Å². The standard InChI is InChI=1S/C8H14N4S/c1-3-9-8(13)11-7-5-10-12(4-2)6-7/h5-6H,3-4H2,1-2H3,(H2,9,11,13). The molecule has 0 aliphatic rings. The average Bonchev–Trinajstić information content (AvgIpc) is 2.52. The summed E-state index contributed by atoms with van der Waals surface area (Å²) in [4.78, 5) is 0. The minimum atomic E-state index is 0.637. The number of nitrogens with one attached hydrogen (secondary N) is 2. The molecule has 0 unspecified atom stereocenters. The minimum Gasteiger partial charge on any atom is -0.363 e. The highest BCUT2D eigenvalue weighted by atomic mass is 32.1. The van der Waals surface area contributed by atoms with Crippen molar-refractivity contribution in [1.29, 1.82) is 0 Å². The molecule has 0 amide bonds. The summed E-state index contributed by atoms with van der Waals surface area (Å²) in [6, 6.07) is 0. The van der Waals surface area contributed by atoms with Crippen molar-refractivity contribution < 1.29 is 0 Å². The van der Waals surface area contributed by atoms with E-state index in [1.807, 2.05) is 24.7 Å². The number of hydrogen-bond acceptors (Lipinski definition) is 2. The van der Waals surface area contributed by atoms with Gasteiger partial charge < -0.3 is 10.6 Å². The number of anilines is 1. The van der Waals surface area contributed by atoms with Gasteiger partial charge in [-0.2, -0.15) is 5.10 Å². The third-order valence-electron chi connectivity index (χ3n) is 1.55. The molecule has 5 heteroatoms. The fraction of sp³-hybridized carbons (Fsp3) is 0.500. The molecule has 1 heterocycles. The van der Waals surface area contributed by atoms with Crippen molar-refractivity contribution in [3.05, 3.63) is 12.4 Å². The number of rotatable bonds is 3. The largest absolute Gasteiger partial charge is 0.363 e. The summed E-state index contributed by atoms with van der Waals surface area (Å²) in [6.07, 6.45) is 3.68. The molecule has 0 aliphatic heterocycles. The first-order valence-corrected chi connectivity index (χ1v) is 4.74. The monoisotopic (exact) mass is 198 g/mol. The lowest BCUT2D eigenvalue weighted by molar-refractivity contribution is 0.660. The maximum absolute atomic E-state index is 5.02. The van der Waals surface area contributed by atoms with Crippen molar-refractivity contribution in [2.24, 2.45) is 0 Å². The van der Waals surface area contributed by atoms with Crippen LogP contribution < -0.4 is 10.6 Å². The van der Waals surface area contributed by atoms with Gasteiger partial charge in [-0.3, -0.25) is 4.68 Å². The van der Waals surface area contributed by atoms with Gasteiger partial charge in [0.1, 0.15) is 0 Å². The number of thiocarbonyl (C=S) groups is 1. The summed E-state index contributed by atoms with van der Waals surface area (Å²) in [7, 11) is 0. The van der Waals surface area contributed by atoms with Crippen molar-refractivity contribution in [1.82, 2.24) is 15.1 Å². The highest BCUT2D eigenvalue weighted by molar-refractivity contribution is 7.80. The highest BCUT2D eigenvalue weighted by Gasteiger charge is 1.98. The topological polar surface area (TPSA) is 41.9 Å². The molecule has 72 valence electrons. The summed E-state index contributed by atoms with van der Waals surface area (Å²) in [5, 5.41) is 10.8. The maximum Gasteiger partial charge on any atom is 0.170 e. The Balaban J connectivity index is 2.49. The second-order valence-electron chi connectivity index (χ2n) is 2.57. The zero-order valence-corrected chi connectivity index (χ0v) is 8.69. The van der Waals surface area contributed by atoms with Crippen LogP contribution in [0.4, 0.5) is 5.69 Å². The van der Waals surface area contributed by atoms with E-state index in [0.717, 1.165) is 18.8 Å². The Labute approximate surface area is 83.3 Å². The summed E-state index contributed by atoms with van der Waals surface area (Å²) in [6.45, 7) is 5.74. The molecule has 1 aromatic heterocycles. The van der Waals surface area contributed by atoms with E-state index in [2.05, 4.69) is 15.7 Å². The van der Waals surface area contributed by atoms with Crippen LogP contribution in [0.3, 0.4) is 0 Å². The van der Waals surface area contributed by atoms with E-state index in [9.17, 15) is 0 Å². The quantitative estimate of drug-likeness (QED) is 0.716. The normalized spacial score (nSPS) is 9.69. The Hall–Kier alpha value is -1.10. The van der Waals surface area contributed by atoms with Gasteiger partial charge in [-0.05, 0) is 26.1 Å². The van der Waals surface area contributed by atoms with Crippen molar-refractivity contribution in [3.8, 4) is 0 Å².